The van der Waals surface area contributed by atoms with Crippen LogP contribution < -0.4 is 10.6 Å². The zero-order chi connectivity index (χ0) is 26.4. The summed E-state index contributed by atoms with van der Waals surface area (Å²) in [6.07, 6.45) is 1.36. The Morgan fingerprint density at radius 2 is 1.70 bits per heavy atom. The predicted octanol–water partition coefficient (Wildman–Crippen LogP) is 4.73. The molecule has 1 heterocycles. The van der Waals surface area contributed by atoms with Crippen molar-refractivity contribution in [3.05, 3.63) is 83.9 Å². The first kappa shape index (κ1) is 26.3. The third kappa shape index (κ3) is 6.70. The van der Waals surface area contributed by atoms with E-state index in [0.29, 0.717) is 41.4 Å². The molecule has 1 aliphatic rings. The first-order valence-electron chi connectivity index (χ1n) is 12.6. The van der Waals surface area contributed by atoms with E-state index in [1.54, 1.807) is 25.1 Å². The molecule has 0 saturated carbocycles. The highest BCUT2D eigenvalue weighted by molar-refractivity contribution is 6.06. The molecule has 1 fully saturated rings. The zero-order valence-electron chi connectivity index (χ0n) is 21.2. The summed E-state index contributed by atoms with van der Waals surface area (Å²) in [5.74, 6) is -0.155. The van der Waals surface area contributed by atoms with E-state index in [2.05, 4.69) is 17.6 Å². The van der Waals surface area contributed by atoms with Gasteiger partial charge in [0.05, 0.1) is 19.2 Å². The van der Waals surface area contributed by atoms with Crippen molar-refractivity contribution in [2.75, 3.05) is 23.7 Å². The van der Waals surface area contributed by atoms with E-state index in [-0.39, 0.29) is 30.7 Å². The van der Waals surface area contributed by atoms with Crippen molar-refractivity contribution in [3.63, 3.8) is 0 Å². The highest BCUT2D eigenvalue weighted by Gasteiger charge is 2.28. The summed E-state index contributed by atoms with van der Waals surface area (Å²) in [5.41, 5.74) is 4.02. The number of aliphatic hydroxyl groups is 1. The van der Waals surface area contributed by atoms with Crippen LogP contribution in [0.3, 0.4) is 0 Å². The second kappa shape index (κ2) is 12.0. The van der Waals surface area contributed by atoms with Crippen LogP contribution >= 0.6 is 0 Å². The van der Waals surface area contributed by atoms with Gasteiger partial charge in [0, 0.05) is 35.5 Å². The quantitative estimate of drug-likeness (QED) is 0.437. The third-order valence-corrected chi connectivity index (χ3v) is 6.82. The predicted molar refractivity (Wildman–Crippen MR) is 145 cm³/mol. The van der Waals surface area contributed by atoms with Crippen molar-refractivity contribution < 1.29 is 19.5 Å². The summed E-state index contributed by atoms with van der Waals surface area (Å²) < 4.78 is 0. The molecular weight excluding hydrogens is 466 g/mol. The molecule has 2 atom stereocenters. The van der Waals surface area contributed by atoms with E-state index in [0.717, 1.165) is 17.5 Å². The lowest BCUT2D eigenvalue weighted by Gasteiger charge is -2.28. The van der Waals surface area contributed by atoms with Gasteiger partial charge in [0.2, 0.25) is 5.91 Å². The standard InChI is InChI=1S/C30H33N3O4/c1-20-8-15-27(35)18-33(17-20)21(2)29(36)32-28-16-24(9-10-25(28)19-34)30(37)31-26-13-11-23(12-14-26)22-6-4-3-5-7-22/h3-7,9-14,16,20-21,34H,8,15,17-19H2,1-2H3,(H,31,37)(H,32,36). The number of likely N-dealkylation sites (tertiary alicyclic amines) is 1. The van der Waals surface area contributed by atoms with Gasteiger partial charge < -0.3 is 15.7 Å². The Kier molecular flexibility index (Phi) is 8.48. The third-order valence-electron chi connectivity index (χ3n) is 6.82. The fraction of sp³-hybridized carbons (Fsp3) is 0.300. The Balaban J connectivity index is 1.45. The molecule has 0 spiro atoms. The van der Waals surface area contributed by atoms with E-state index in [4.69, 9.17) is 0 Å². The van der Waals surface area contributed by atoms with E-state index >= 15 is 0 Å². The summed E-state index contributed by atoms with van der Waals surface area (Å²) in [6.45, 7) is 4.48. The van der Waals surface area contributed by atoms with Crippen molar-refractivity contribution in [2.45, 2.75) is 39.3 Å². The monoisotopic (exact) mass is 499 g/mol. The largest absolute Gasteiger partial charge is 0.392 e. The first-order chi connectivity index (χ1) is 17.8. The summed E-state index contributed by atoms with van der Waals surface area (Å²) >= 11 is 0. The topological polar surface area (TPSA) is 98.7 Å². The number of nitrogens with one attached hydrogen (secondary N) is 2. The normalized spacial score (nSPS) is 17.1. The minimum Gasteiger partial charge on any atom is -0.392 e. The number of nitrogens with zero attached hydrogens (tertiary/aromatic N) is 1. The van der Waals surface area contributed by atoms with Crippen LogP contribution in [0.2, 0.25) is 0 Å². The van der Waals surface area contributed by atoms with E-state index in [9.17, 15) is 19.5 Å². The second-order valence-corrected chi connectivity index (χ2v) is 9.70. The van der Waals surface area contributed by atoms with Gasteiger partial charge in [-0.2, -0.15) is 0 Å². The number of anilines is 2. The smallest absolute Gasteiger partial charge is 0.255 e. The number of carbonyl (C=O) groups excluding carboxylic acids is 3. The van der Waals surface area contributed by atoms with Gasteiger partial charge in [0.1, 0.15) is 5.78 Å². The summed E-state index contributed by atoms with van der Waals surface area (Å²) in [5, 5.41) is 15.6. The second-order valence-electron chi connectivity index (χ2n) is 9.70. The number of ketones is 1. The highest BCUT2D eigenvalue weighted by Crippen LogP contribution is 2.23. The maximum atomic E-state index is 13.1. The summed E-state index contributed by atoms with van der Waals surface area (Å²) in [6, 6.07) is 21.8. The number of carbonyl (C=O) groups is 3. The van der Waals surface area contributed by atoms with Gasteiger partial charge in [0.15, 0.2) is 0 Å². The van der Waals surface area contributed by atoms with Crippen molar-refractivity contribution in [2.24, 2.45) is 5.92 Å². The molecule has 37 heavy (non-hydrogen) atoms. The number of amides is 2. The molecule has 1 aliphatic heterocycles. The van der Waals surface area contributed by atoms with Gasteiger partial charge in [-0.3, -0.25) is 19.3 Å². The lowest BCUT2D eigenvalue weighted by molar-refractivity contribution is -0.123. The van der Waals surface area contributed by atoms with Crippen LogP contribution in [-0.2, 0) is 16.2 Å². The Labute approximate surface area is 217 Å². The number of hydrogen-bond acceptors (Lipinski definition) is 5. The minimum atomic E-state index is -0.531. The maximum Gasteiger partial charge on any atom is 0.255 e. The van der Waals surface area contributed by atoms with Crippen LogP contribution in [0.5, 0.6) is 0 Å². The van der Waals surface area contributed by atoms with Crippen molar-refractivity contribution in [3.8, 4) is 11.1 Å². The van der Waals surface area contributed by atoms with Gasteiger partial charge >= 0.3 is 0 Å². The molecule has 192 valence electrons. The Morgan fingerprint density at radius 1 is 1.00 bits per heavy atom. The lowest BCUT2D eigenvalue weighted by Crippen LogP contribution is -2.45. The molecule has 2 amide bonds. The van der Waals surface area contributed by atoms with Crippen LogP contribution in [0.15, 0.2) is 72.8 Å². The Bertz CT molecular complexity index is 1260. The Morgan fingerprint density at radius 3 is 2.41 bits per heavy atom. The molecule has 0 aliphatic carbocycles. The fourth-order valence-electron chi connectivity index (χ4n) is 4.52. The van der Waals surface area contributed by atoms with Crippen molar-refractivity contribution in [1.29, 1.82) is 0 Å². The van der Waals surface area contributed by atoms with E-state index in [1.807, 2.05) is 59.5 Å². The van der Waals surface area contributed by atoms with Crippen LogP contribution in [0.4, 0.5) is 11.4 Å². The number of benzene rings is 3. The average Bonchev–Trinajstić information content (AvgIpc) is 3.09. The molecular formula is C30H33N3O4. The first-order valence-corrected chi connectivity index (χ1v) is 12.6. The maximum absolute atomic E-state index is 13.1. The summed E-state index contributed by atoms with van der Waals surface area (Å²) in [4.78, 5) is 40.1. The SMILES string of the molecule is CC1CCC(=O)CN(C(C)C(=O)Nc2cc(C(=O)Nc3ccc(-c4ccccc4)cc3)ccc2CO)C1. The molecule has 7 heteroatoms. The molecule has 3 N–H and O–H groups in total. The molecule has 0 aromatic heterocycles. The van der Waals surface area contributed by atoms with Gasteiger partial charge in [0.25, 0.3) is 5.91 Å². The van der Waals surface area contributed by atoms with E-state index in [1.165, 1.54) is 0 Å². The van der Waals surface area contributed by atoms with Crippen LogP contribution in [-0.4, -0.2) is 46.7 Å². The number of rotatable bonds is 7. The van der Waals surface area contributed by atoms with Crippen molar-refractivity contribution >= 4 is 29.0 Å². The molecule has 0 bridgehead atoms. The van der Waals surface area contributed by atoms with E-state index < -0.39 is 6.04 Å². The Hall–Kier alpha value is -3.81. The molecule has 3 aromatic carbocycles. The number of hydrogen-bond donors (Lipinski definition) is 3. The molecule has 0 radical (unpaired) electrons. The van der Waals surface area contributed by atoms with Gasteiger partial charge in [-0.05, 0) is 54.7 Å². The number of Topliss-reactive ketones (excluding diaryl/α,β-unsaturated/α-hetero) is 1. The van der Waals surface area contributed by atoms with Crippen LogP contribution in [0, 0.1) is 5.92 Å². The van der Waals surface area contributed by atoms with Gasteiger partial charge in [-0.25, -0.2) is 0 Å². The molecule has 1 saturated heterocycles. The zero-order valence-corrected chi connectivity index (χ0v) is 21.2. The molecule has 2 unspecified atom stereocenters. The van der Waals surface area contributed by atoms with Gasteiger partial charge in [-0.15, -0.1) is 0 Å². The average molecular weight is 500 g/mol. The minimum absolute atomic E-state index is 0.135. The molecule has 7 nitrogen and oxygen atoms in total. The van der Waals surface area contributed by atoms with Crippen LogP contribution in [0.1, 0.15) is 42.6 Å². The summed E-state index contributed by atoms with van der Waals surface area (Å²) in [7, 11) is 0. The lowest BCUT2D eigenvalue weighted by atomic mass is 10.1. The fourth-order valence-corrected chi connectivity index (χ4v) is 4.52. The molecule has 4 rings (SSSR count). The van der Waals surface area contributed by atoms with Crippen molar-refractivity contribution in [1.82, 2.24) is 4.90 Å². The molecule has 3 aromatic rings. The van der Waals surface area contributed by atoms with Gasteiger partial charge in [-0.1, -0.05) is 55.5 Å². The number of aliphatic hydroxyl groups excluding tert-OH is 1. The van der Waals surface area contributed by atoms with Crippen LogP contribution in [0.25, 0.3) is 11.1 Å². The highest BCUT2D eigenvalue weighted by atomic mass is 16.3.